The van der Waals surface area contributed by atoms with Crippen molar-refractivity contribution in [3.63, 3.8) is 0 Å². The first kappa shape index (κ1) is 13.4. The van der Waals surface area contributed by atoms with Gasteiger partial charge in [0, 0.05) is 22.9 Å². The smallest absolute Gasteiger partial charge is 0.329 e. The number of nitrogens with one attached hydrogen (secondary N) is 1. The van der Waals surface area contributed by atoms with Crippen LogP contribution >= 0.6 is 11.8 Å². The van der Waals surface area contributed by atoms with Gasteiger partial charge in [-0.2, -0.15) is 0 Å². The number of aliphatic hydroxyl groups is 2. The molecule has 1 unspecified atom stereocenters. The van der Waals surface area contributed by atoms with Gasteiger partial charge in [-0.1, -0.05) is 0 Å². The van der Waals surface area contributed by atoms with E-state index >= 15 is 0 Å². The highest BCUT2D eigenvalue weighted by Crippen LogP contribution is 2.46. The highest BCUT2D eigenvalue weighted by Gasteiger charge is 2.40. The lowest BCUT2D eigenvalue weighted by Gasteiger charge is -2.23. The summed E-state index contributed by atoms with van der Waals surface area (Å²) >= 11 is 1.50. The molecule has 3 N–H and O–H groups in total. The summed E-state index contributed by atoms with van der Waals surface area (Å²) in [5.74, 6) is 0.593. The van der Waals surface area contributed by atoms with Gasteiger partial charge in [0.25, 0.3) is 5.56 Å². The summed E-state index contributed by atoms with van der Waals surface area (Å²) in [6.07, 6.45) is 2.04. The van der Waals surface area contributed by atoms with E-state index < -0.39 is 11.1 Å². The summed E-state index contributed by atoms with van der Waals surface area (Å²) in [4.78, 5) is 25.3. The molecule has 0 saturated carbocycles. The molecule has 7 heteroatoms. The fourth-order valence-corrected chi connectivity index (χ4v) is 3.65. The zero-order valence-corrected chi connectivity index (χ0v) is 10.9. The highest BCUT2D eigenvalue weighted by atomic mass is 32.2. The average molecular weight is 272 g/mol. The van der Waals surface area contributed by atoms with Gasteiger partial charge >= 0.3 is 5.69 Å². The Kier molecular flexibility index (Phi) is 3.65. The molecular formula is C11H16N2O4S. The zero-order chi connectivity index (χ0) is 13.3. The Morgan fingerprint density at radius 1 is 1.50 bits per heavy atom. The predicted octanol–water partition coefficient (Wildman–Crippen LogP) is -0.548. The molecule has 0 radical (unpaired) electrons. The third-order valence-electron chi connectivity index (χ3n) is 3.32. The second-order valence-corrected chi connectivity index (χ2v) is 5.93. The van der Waals surface area contributed by atoms with Gasteiger partial charge in [0.2, 0.25) is 0 Å². The van der Waals surface area contributed by atoms with Gasteiger partial charge in [0.1, 0.15) is 0 Å². The largest absolute Gasteiger partial charge is 0.396 e. The lowest BCUT2D eigenvalue weighted by molar-refractivity contribution is 0.0687. The number of aliphatic hydroxyl groups excluding tert-OH is 2. The van der Waals surface area contributed by atoms with Gasteiger partial charge in [-0.05, 0) is 13.3 Å². The van der Waals surface area contributed by atoms with E-state index in [1.165, 1.54) is 22.5 Å². The van der Waals surface area contributed by atoms with E-state index in [9.17, 15) is 19.8 Å². The summed E-state index contributed by atoms with van der Waals surface area (Å²) < 4.78 is 1.47. The van der Waals surface area contributed by atoms with Crippen molar-refractivity contribution in [2.45, 2.75) is 18.7 Å². The molecule has 6 nitrogen and oxygen atoms in total. The van der Waals surface area contributed by atoms with Crippen molar-refractivity contribution in [2.24, 2.45) is 5.41 Å². The summed E-state index contributed by atoms with van der Waals surface area (Å²) in [6, 6.07) is 0. The lowest BCUT2D eigenvalue weighted by atomic mass is 9.89. The first-order valence-electron chi connectivity index (χ1n) is 5.67. The van der Waals surface area contributed by atoms with E-state index in [1.54, 1.807) is 6.92 Å². The number of aromatic nitrogens is 2. The number of aromatic amines is 1. The van der Waals surface area contributed by atoms with Crippen molar-refractivity contribution in [3.05, 3.63) is 32.6 Å². The Hall–Kier alpha value is -1.05. The Morgan fingerprint density at radius 2 is 2.17 bits per heavy atom. The second-order valence-electron chi connectivity index (χ2n) is 4.76. The molecule has 1 saturated heterocycles. The molecular weight excluding hydrogens is 256 g/mol. The molecule has 18 heavy (non-hydrogen) atoms. The van der Waals surface area contributed by atoms with Crippen molar-refractivity contribution in [1.82, 2.24) is 9.55 Å². The zero-order valence-electron chi connectivity index (χ0n) is 10.0. The maximum absolute atomic E-state index is 11.7. The Bertz CT molecular complexity index is 547. The van der Waals surface area contributed by atoms with Crippen LogP contribution in [0.1, 0.15) is 17.4 Å². The van der Waals surface area contributed by atoms with Gasteiger partial charge in [-0.3, -0.25) is 14.3 Å². The van der Waals surface area contributed by atoms with Gasteiger partial charge in [0.05, 0.1) is 18.6 Å². The van der Waals surface area contributed by atoms with E-state index in [0.29, 0.717) is 17.7 Å². The average Bonchev–Trinajstić information content (AvgIpc) is 2.79. The molecule has 100 valence electrons. The van der Waals surface area contributed by atoms with Crippen molar-refractivity contribution >= 4 is 11.8 Å². The number of thioether (sulfide) groups is 1. The minimum Gasteiger partial charge on any atom is -0.396 e. The van der Waals surface area contributed by atoms with E-state index in [0.717, 1.165) is 0 Å². The van der Waals surface area contributed by atoms with Gasteiger partial charge in [0.15, 0.2) is 0 Å². The fourth-order valence-electron chi connectivity index (χ4n) is 2.01. The molecule has 1 fully saturated rings. The lowest BCUT2D eigenvalue weighted by Crippen LogP contribution is -2.34. The van der Waals surface area contributed by atoms with Crippen molar-refractivity contribution < 1.29 is 10.2 Å². The Labute approximate surface area is 108 Å². The summed E-state index contributed by atoms with van der Waals surface area (Å²) in [5.41, 5.74) is -0.899. The third kappa shape index (κ3) is 2.25. The van der Waals surface area contributed by atoms with Crippen LogP contribution in [-0.4, -0.2) is 38.7 Å². The number of hydrogen-bond donors (Lipinski definition) is 3. The van der Waals surface area contributed by atoms with Crippen LogP contribution in [0.2, 0.25) is 0 Å². The molecule has 0 aromatic carbocycles. The van der Waals surface area contributed by atoms with Crippen LogP contribution in [0.3, 0.4) is 0 Å². The molecule has 2 heterocycles. The molecule has 0 aliphatic carbocycles. The van der Waals surface area contributed by atoms with E-state index in [2.05, 4.69) is 4.98 Å². The summed E-state index contributed by atoms with van der Waals surface area (Å²) in [6.45, 7) is 1.42. The maximum atomic E-state index is 11.7. The molecule has 1 atom stereocenters. The van der Waals surface area contributed by atoms with Crippen LogP contribution in [0.15, 0.2) is 15.8 Å². The molecule has 0 amide bonds. The molecule has 1 aromatic heterocycles. The Morgan fingerprint density at radius 3 is 2.72 bits per heavy atom. The number of hydrogen-bond acceptors (Lipinski definition) is 5. The fraction of sp³-hybridized carbons (Fsp3) is 0.636. The SMILES string of the molecule is Cc1cn(C2CC(CO)(CO)CS2)c(=O)[nH]c1=O. The molecule has 1 aliphatic heterocycles. The van der Waals surface area contributed by atoms with Gasteiger partial charge in [-0.25, -0.2) is 4.79 Å². The number of nitrogens with zero attached hydrogens (tertiary/aromatic N) is 1. The van der Waals surface area contributed by atoms with Crippen LogP contribution < -0.4 is 11.2 Å². The van der Waals surface area contributed by atoms with E-state index in [-0.39, 0.29) is 24.1 Å². The van der Waals surface area contributed by atoms with E-state index in [1.807, 2.05) is 0 Å². The second kappa shape index (κ2) is 4.91. The summed E-state index contributed by atoms with van der Waals surface area (Å²) in [5, 5.41) is 18.5. The number of rotatable bonds is 3. The quantitative estimate of drug-likeness (QED) is 0.686. The molecule has 0 bridgehead atoms. The van der Waals surface area contributed by atoms with Crippen LogP contribution in [-0.2, 0) is 0 Å². The Balaban J connectivity index is 2.33. The van der Waals surface area contributed by atoms with Crippen LogP contribution in [0, 0.1) is 12.3 Å². The van der Waals surface area contributed by atoms with Crippen molar-refractivity contribution in [3.8, 4) is 0 Å². The highest BCUT2D eigenvalue weighted by molar-refractivity contribution is 7.99. The van der Waals surface area contributed by atoms with Crippen molar-refractivity contribution in [2.75, 3.05) is 19.0 Å². The minimum atomic E-state index is -0.543. The number of H-pyrrole nitrogens is 1. The maximum Gasteiger partial charge on any atom is 0.329 e. The summed E-state index contributed by atoms with van der Waals surface area (Å²) in [7, 11) is 0. The topological polar surface area (TPSA) is 95.3 Å². The van der Waals surface area contributed by atoms with Crippen LogP contribution in [0.4, 0.5) is 0 Å². The first-order chi connectivity index (χ1) is 8.51. The monoisotopic (exact) mass is 272 g/mol. The van der Waals surface area contributed by atoms with E-state index in [4.69, 9.17) is 0 Å². The van der Waals surface area contributed by atoms with Gasteiger partial charge < -0.3 is 10.2 Å². The molecule has 0 spiro atoms. The predicted molar refractivity (Wildman–Crippen MR) is 68.8 cm³/mol. The molecule has 1 aromatic rings. The third-order valence-corrected chi connectivity index (χ3v) is 4.87. The molecule has 2 rings (SSSR count). The van der Waals surface area contributed by atoms with Crippen LogP contribution in [0.25, 0.3) is 0 Å². The van der Waals surface area contributed by atoms with Crippen molar-refractivity contribution in [1.29, 1.82) is 0 Å². The van der Waals surface area contributed by atoms with Crippen LogP contribution in [0.5, 0.6) is 0 Å². The van der Waals surface area contributed by atoms with Gasteiger partial charge in [-0.15, -0.1) is 11.8 Å². The molecule has 1 aliphatic rings. The standard InChI is InChI=1S/C11H16N2O4S/c1-7-3-13(10(17)12-9(7)16)8-2-11(4-14,5-15)6-18-8/h3,8,14-15H,2,4-6H2,1H3,(H,12,16,17). The number of aryl methyl sites for hydroxylation is 1. The normalized spacial score (nSPS) is 22.3. The first-order valence-corrected chi connectivity index (χ1v) is 6.71. The minimum absolute atomic E-state index is 0.107.